The fourth-order valence-corrected chi connectivity index (χ4v) is 3.54. The summed E-state index contributed by atoms with van der Waals surface area (Å²) in [6.45, 7) is 1.90. The normalized spacial score (nSPS) is 11.7. The highest BCUT2D eigenvalue weighted by Crippen LogP contribution is 2.31. The molecule has 10 heteroatoms. The van der Waals surface area contributed by atoms with Gasteiger partial charge >= 0.3 is 0 Å². The average molecular weight is 446 g/mol. The van der Waals surface area contributed by atoms with Crippen molar-refractivity contribution >= 4 is 17.5 Å². The number of aromatic nitrogens is 4. The van der Waals surface area contributed by atoms with E-state index in [-0.39, 0.29) is 17.7 Å². The van der Waals surface area contributed by atoms with Crippen molar-refractivity contribution in [2.45, 2.75) is 13.0 Å². The van der Waals surface area contributed by atoms with E-state index in [2.05, 4.69) is 20.4 Å². The van der Waals surface area contributed by atoms with Crippen molar-refractivity contribution in [2.24, 2.45) is 7.05 Å². The Bertz CT molecular complexity index is 1320. The number of anilines is 2. The van der Waals surface area contributed by atoms with Crippen LogP contribution in [-0.4, -0.2) is 37.8 Å². The van der Waals surface area contributed by atoms with E-state index in [0.717, 1.165) is 16.8 Å². The molecule has 1 unspecified atom stereocenters. The van der Waals surface area contributed by atoms with Crippen LogP contribution in [0.4, 0.5) is 11.6 Å². The number of nitrogens with zero attached hydrogens (tertiary/aromatic N) is 5. The number of carbonyl (C=O) groups excluding carboxylic acids is 1. The third-order valence-corrected chi connectivity index (χ3v) is 5.22. The summed E-state index contributed by atoms with van der Waals surface area (Å²) >= 11 is 0. The molecule has 0 radical (unpaired) electrons. The van der Waals surface area contributed by atoms with Gasteiger partial charge in [-0.2, -0.15) is 0 Å². The molecule has 33 heavy (non-hydrogen) atoms. The number of amides is 1. The standard InChI is InChI=1S/C23H22N6O4/c1-14-9-10-16(11-24-14)19(15-7-5-4-6-8-15)28(2)23-27-18(20(30)22(32)29(23)3)21(31)26-17-12-25-33-13-17/h4-13,19,30H,1-3H3,(H,26,31). The molecule has 3 aromatic heterocycles. The van der Waals surface area contributed by atoms with Gasteiger partial charge in [-0.15, -0.1) is 0 Å². The molecule has 0 aliphatic carbocycles. The highest BCUT2D eigenvalue weighted by atomic mass is 16.5. The fourth-order valence-electron chi connectivity index (χ4n) is 3.54. The van der Waals surface area contributed by atoms with Crippen LogP contribution < -0.4 is 15.8 Å². The Balaban J connectivity index is 1.81. The van der Waals surface area contributed by atoms with Gasteiger partial charge in [0.1, 0.15) is 12.0 Å². The van der Waals surface area contributed by atoms with Gasteiger partial charge in [-0.1, -0.05) is 41.6 Å². The molecule has 0 aliphatic heterocycles. The Kier molecular flexibility index (Phi) is 5.90. The second kappa shape index (κ2) is 8.95. The van der Waals surface area contributed by atoms with Gasteiger partial charge in [0.2, 0.25) is 11.7 Å². The minimum absolute atomic E-state index is 0.183. The first-order valence-electron chi connectivity index (χ1n) is 10.1. The zero-order chi connectivity index (χ0) is 23.5. The summed E-state index contributed by atoms with van der Waals surface area (Å²) < 4.78 is 5.89. The highest BCUT2D eigenvalue weighted by Gasteiger charge is 2.27. The first-order chi connectivity index (χ1) is 15.9. The molecule has 1 amide bonds. The number of carbonyl (C=O) groups is 1. The topological polar surface area (TPSA) is 126 Å². The van der Waals surface area contributed by atoms with E-state index < -0.39 is 22.9 Å². The molecule has 4 rings (SSSR count). The number of hydrogen-bond acceptors (Lipinski definition) is 8. The summed E-state index contributed by atoms with van der Waals surface area (Å²) in [4.78, 5) is 36.1. The van der Waals surface area contributed by atoms with Crippen molar-refractivity contribution in [3.63, 3.8) is 0 Å². The van der Waals surface area contributed by atoms with Gasteiger partial charge in [-0.3, -0.25) is 19.1 Å². The summed E-state index contributed by atoms with van der Waals surface area (Å²) in [6, 6.07) is 13.1. The second-order valence-corrected chi connectivity index (χ2v) is 7.50. The Morgan fingerprint density at radius 2 is 1.91 bits per heavy atom. The number of pyridine rings is 1. The van der Waals surface area contributed by atoms with Crippen molar-refractivity contribution in [3.8, 4) is 5.75 Å². The number of hydrogen-bond donors (Lipinski definition) is 2. The van der Waals surface area contributed by atoms with E-state index in [9.17, 15) is 14.7 Å². The molecular formula is C23H22N6O4. The van der Waals surface area contributed by atoms with Crippen molar-refractivity contribution < 1.29 is 14.4 Å². The van der Waals surface area contributed by atoms with Gasteiger partial charge < -0.3 is 19.8 Å². The van der Waals surface area contributed by atoms with Crippen molar-refractivity contribution in [2.75, 3.05) is 17.3 Å². The molecule has 0 saturated carbocycles. The van der Waals surface area contributed by atoms with Crippen LogP contribution in [0, 0.1) is 6.92 Å². The lowest BCUT2D eigenvalue weighted by atomic mass is 9.99. The third-order valence-electron chi connectivity index (χ3n) is 5.22. The van der Waals surface area contributed by atoms with Crippen molar-refractivity contribution in [1.29, 1.82) is 0 Å². The van der Waals surface area contributed by atoms with Crippen LogP contribution in [0.2, 0.25) is 0 Å². The van der Waals surface area contributed by atoms with E-state index in [4.69, 9.17) is 4.52 Å². The van der Waals surface area contributed by atoms with Crippen LogP contribution in [-0.2, 0) is 7.05 Å². The molecule has 0 spiro atoms. The van der Waals surface area contributed by atoms with Gasteiger partial charge in [0.25, 0.3) is 11.5 Å². The lowest BCUT2D eigenvalue weighted by Gasteiger charge is -2.31. The van der Waals surface area contributed by atoms with Crippen LogP contribution in [0.5, 0.6) is 5.75 Å². The Morgan fingerprint density at radius 1 is 1.15 bits per heavy atom. The third kappa shape index (κ3) is 4.31. The summed E-state index contributed by atoms with van der Waals surface area (Å²) in [7, 11) is 3.25. The predicted octanol–water partition coefficient (Wildman–Crippen LogP) is 2.66. The first kappa shape index (κ1) is 21.8. The summed E-state index contributed by atoms with van der Waals surface area (Å²) in [6.07, 6.45) is 4.28. The van der Waals surface area contributed by atoms with Crippen LogP contribution in [0.25, 0.3) is 0 Å². The summed E-state index contributed by atoms with van der Waals surface area (Å²) in [5.41, 5.74) is 1.78. The van der Waals surface area contributed by atoms with Gasteiger partial charge in [-0.05, 0) is 24.1 Å². The van der Waals surface area contributed by atoms with Crippen LogP contribution in [0.3, 0.4) is 0 Å². The number of benzene rings is 1. The largest absolute Gasteiger partial charge is 0.501 e. The lowest BCUT2D eigenvalue weighted by molar-refractivity contribution is 0.101. The van der Waals surface area contributed by atoms with Crippen molar-refractivity contribution in [1.82, 2.24) is 19.7 Å². The van der Waals surface area contributed by atoms with Crippen LogP contribution in [0.15, 0.2) is 70.4 Å². The molecule has 0 bridgehead atoms. The van der Waals surface area contributed by atoms with E-state index in [1.165, 1.54) is 24.1 Å². The molecule has 1 aromatic carbocycles. The van der Waals surface area contributed by atoms with Gasteiger partial charge in [0.05, 0.1) is 12.2 Å². The quantitative estimate of drug-likeness (QED) is 0.463. The fraction of sp³-hybridized carbons (Fsp3) is 0.174. The van der Waals surface area contributed by atoms with Gasteiger partial charge in [0, 0.05) is 26.0 Å². The molecule has 0 aliphatic rings. The monoisotopic (exact) mass is 446 g/mol. The molecule has 3 heterocycles. The molecule has 1 atom stereocenters. The molecule has 0 fully saturated rings. The first-order valence-corrected chi connectivity index (χ1v) is 10.1. The minimum Gasteiger partial charge on any atom is -0.501 e. The maximum atomic E-state index is 12.8. The Labute approximate surface area is 189 Å². The number of aromatic hydroxyl groups is 1. The smallest absolute Gasteiger partial charge is 0.297 e. The summed E-state index contributed by atoms with van der Waals surface area (Å²) in [5, 5.41) is 16.4. The zero-order valence-corrected chi connectivity index (χ0v) is 18.3. The van der Waals surface area contributed by atoms with E-state index in [1.54, 1.807) is 18.1 Å². The number of nitrogens with one attached hydrogen (secondary N) is 1. The Morgan fingerprint density at radius 3 is 2.55 bits per heavy atom. The molecule has 2 N–H and O–H groups in total. The molecular weight excluding hydrogens is 424 g/mol. The molecule has 10 nitrogen and oxygen atoms in total. The number of rotatable bonds is 6. The van der Waals surface area contributed by atoms with Gasteiger partial charge in [0.15, 0.2) is 5.69 Å². The van der Waals surface area contributed by atoms with E-state index in [0.29, 0.717) is 0 Å². The highest BCUT2D eigenvalue weighted by molar-refractivity contribution is 6.04. The maximum Gasteiger partial charge on any atom is 0.297 e. The molecule has 0 saturated heterocycles. The van der Waals surface area contributed by atoms with Crippen molar-refractivity contribution in [3.05, 3.63) is 94.0 Å². The Hall–Kier alpha value is -4.47. The second-order valence-electron chi connectivity index (χ2n) is 7.50. The maximum absolute atomic E-state index is 12.8. The van der Waals surface area contributed by atoms with Gasteiger partial charge in [-0.25, -0.2) is 4.98 Å². The SMILES string of the molecule is Cc1ccc(C(c2ccccc2)N(C)c2nc(C(=O)Nc3cnoc3)c(O)c(=O)n2C)cn1. The number of aryl methyl sites for hydroxylation is 1. The van der Waals surface area contributed by atoms with Crippen LogP contribution in [0.1, 0.15) is 33.4 Å². The predicted molar refractivity (Wildman–Crippen MR) is 121 cm³/mol. The minimum atomic E-state index is -0.767. The average Bonchev–Trinajstić information content (AvgIpc) is 3.32. The molecule has 4 aromatic rings. The summed E-state index contributed by atoms with van der Waals surface area (Å²) in [5.74, 6) is -1.34. The van der Waals surface area contributed by atoms with Crippen LogP contribution >= 0.6 is 0 Å². The molecule has 168 valence electrons. The lowest BCUT2D eigenvalue weighted by Crippen LogP contribution is -2.34. The van der Waals surface area contributed by atoms with E-state index in [1.807, 2.05) is 49.4 Å². The zero-order valence-electron chi connectivity index (χ0n) is 18.3. The van der Waals surface area contributed by atoms with E-state index >= 15 is 0 Å².